The number of aromatic nitrogens is 1. The minimum Gasteiger partial charge on any atom is -0.314 e. The van der Waals surface area contributed by atoms with Crippen LogP contribution in [0.4, 0.5) is 0 Å². The fourth-order valence-corrected chi connectivity index (χ4v) is 4.47. The van der Waals surface area contributed by atoms with Crippen molar-refractivity contribution in [3.8, 4) is 0 Å². The lowest BCUT2D eigenvalue weighted by molar-refractivity contribution is 0.169. The smallest absolute Gasteiger partial charge is 0.110 e. The van der Waals surface area contributed by atoms with Gasteiger partial charge in [-0.15, -0.1) is 11.3 Å². The second-order valence-corrected chi connectivity index (χ2v) is 6.45. The van der Waals surface area contributed by atoms with Gasteiger partial charge in [-0.3, -0.25) is 4.90 Å². The SMILES string of the molecule is CCC(c1nc2c(s1)CCCC2)N1CCNCC1. The minimum atomic E-state index is 0.558. The van der Waals surface area contributed by atoms with Crippen LogP contribution in [0.2, 0.25) is 0 Å². The number of nitrogens with zero attached hydrogens (tertiary/aromatic N) is 2. The molecule has 18 heavy (non-hydrogen) atoms. The largest absolute Gasteiger partial charge is 0.314 e. The predicted octanol–water partition coefficient (Wildman–Crippen LogP) is 2.38. The third kappa shape index (κ3) is 2.46. The molecule has 4 heteroatoms. The van der Waals surface area contributed by atoms with Gasteiger partial charge < -0.3 is 5.32 Å². The van der Waals surface area contributed by atoms with Crippen molar-refractivity contribution >= 4 is 11.3 Å². The average molecular weight is 265 g/mol. The Bertz CT molecular complexity index is 372. The van der Waals surface area contributed by atoms with Crippen molar-refractivity contribution in [2.45, 2.75) is 45.1 Å². The topological polar surface area (TPSA) is 28.2 Å². The van der Waals surface area contributed by atoms with Crippen molar-refractivity contribution < 1.29 is 0 Å². The van der Waals surface area contributed by atoms with Crippen LogP contribution in [0.5, 0.6) is 0 Å². The zero-order valence-corrected chi connectivity index (χ0v) is 12.1. The van der Waals surface area contributed by atoms with E-state index in [2.05, 4.69) is 17.1 Å². The minimum absolute atomic E-state index is 0.558. The highest BCUT2D eigenvalue weighted by Crippen LogP contribution is 2.33. The van der Waals surface area contributed by atoms with Gasteiger partial charge in [-0.1, -0.05) is 6.92 Å². The summed E-state index contributed by atoms with van der Waals surface area (Å²) in [6.07, 6.45) is 6.36. The number of hydrogen-bond acceptors (Lipinski definition) is 4. The van der Waals surface area contributed by atoms with Crippen LogP contribution in [-0.2, 0) is 12.8 Å². The van der Waals surface area contributed by atoms with Crippen LogP contribution >= 0.6 is 11.3 Å². The Hall–Kier alpha value is -0.450. The van der Waals surface area contributed by atoms with Crippen LogP contribution in [-0.4, -0.2) is 36.1 Å². The highest BCUT2D eigenvalue weighted by molar-refractivity contribution is 7.11. The molecular weight excluding hydrogens is 242 g/mol. The number of nitrogens with one attached hydrogen (secondary N) is 1. The molecule has 0 aromatic carbocycles. The molecule has 0 radical (unpaired) electrons. The summed E-state index contributed by atoms with van der Waals surface area (Å²) in [6, 6.07) is 0.558. The number of fused-ring (bicyclic) bond motifs is 1. The summed E-state index contributed by atoms with van der Waals surface area (Å²) in [5.74, 6) is 0. The summed E-state index contributed by atoms with van der Waals surface area (Å²) in [6.45, 7) is 6.89. The number of thiazole rings is 1. The van der Waals surface area contributed by atoms with Gasteiger partial charge in [0, 0.05) is 31.1 Å². The number of piperazine rings is 1. The molecule has 0 saturated carbocycles. The van der Waals surface area contributed by atoms with E-state index in [1.165, 1.54) is 55.9 Å². The van der Waals surface area contributed by atoms with E-state index in [0.717, 1.165) is 13.1 Å². The van der Waals surface area contributed by atoms with Crippen LogP contribution < -0.4 is 5.32 Å². The molecule has 0 bridgehead atoms. The molecule has 100 valence electrons. The fourth-order valence-electron chi connectivity index (χ4n) is 3.10. The Morgan fingerprint density at radius 1 is 1.28 bits per heavy atom. The van der Waals surface area contributed by atoms with Gasteiger partial charge in [0.05, 0.1) is 11.7 Å². The van der Waals surface area contributed by atoms with Crippen molar-refractivity contribution in [1.29, 1.82) is 0 Å². The molecule has 2 aliphatic rings. The third-order valence-electron chi connectivity index (χ3n) is 4.13. The average Bonchev–Trinajstić information content (AvgIpc) is 2.84. The molecule has 0 amide bonds. The van der Waals surface area contributed by atoms with E-state index in [1.54, 1.807) is 4.88 Å². The molecule has 1 aliphatic heterocycles. The molecule has 1 saturated heterocycles. The molecule has 1 fully saturated rings. The van der Waals surface area contributed by atoms with Crippen LogP contribution in [0.15, 0.2) is 0 Å². The van der Waals surface area contributed by atoms with Crippen molar-refractivity contribution in [3.63, 3.8) is 0 Å². The normalized spacial score (nSPS) is 22.7. The molecular formula is C14H23N3S. The second kappa shape index (κ2) is 5.68. The molecule has 1 unspecified atom stereocenters. The summed E-state index contributed by atoms with van der Waals surface area (Å²) in [5.41, 5.74) is 1.41. The first-order valence-corrected chi connectivity index (χ1v) is 8.13. The Balaban J connectivity index is 1.79. The fraction of sp³-hybridized carbons (Fsp3) is 0.786. The summed E-state index contributed by atoms with van der Waals surface area (Å²) in [7, 11) is 0. The molecule has 0 spiro atoms. The van der Waals surface area contributed by atoms with E-state index in [4.69, 9.17) is 4.98 Å². The highest BCUT2D eigenvalue weighted by atomic mass is 32.1. The van der Waals surface area contributed by atoms with Crippen molar-refractivity contribution in [2.24, 2.45) is 0 Å². The number of rotatable bonds is 3. The highest BCUT2D eigenvalue weighted by Gasteiger charge is 2.25. The summed E-state index contributed by atoms with van der Waals surface area (Å²) in [5, 5.41) is 4.82. The first-order chi connectivity index (χ1) is 8.88. The van der Waals surface area contributed by atoms with E-state index in [-0.39, 0.29) is 0 Å². The predicted molar refractivity (Wildman–Crippen MR) is 76.2 cm³/mol. The van der Waals surface area contributed by atoms with Gasteiger partial charge in [0.2, 0.25) is 0 Å². The molecule has 2 heterocycles. The summed E-state index contributed by atoms with van der Waals surface area (Å²) < 4.78 is 0. The monoisotopic (exact) mass is 265 g/mol. The van der Waals surface area contributed by atoms with Gasteiger partial charge in [-0.2, -0.15) is 0 Å². The van der Waals surface area contributed by atoms with Gasteiger partial charge in [-0.05, 0) is 32.1 Å². The molecule has 1 atom stereocenters. The lowest BCUT2D eigenvalue weighted by atomic mass is 10.0. The van der Waals surface area contributed by atoms with E-state index >= 15 is 0 Å². The summed E-state index contributed by atoms with van der Waals surface area (Å²) >= 11 is 1.99. The van der Waals surface area contributed by atoms with Crippen LogP contribution in [0.3, 0.4) is 0 Å². The Morgan fingerprint density at radius 3 is 2.78 bits per heavy atom. The Labute approximate surface area is 114 Å². The lowest BCUT2D eigenvalue weighted by Gasteiger charge is -2.33. The summed E-state index contributed by atoms with van der Waals surface area (Å²) in [4.78, 5) is 9.14. The quantitative estimate of drug-likeness (QED) is 0.909. The number of aryl methyl sites for hydroxylation is 2. The van der Waals surface area contributed by atoms with E-state index in [9.17, 15) is 0 Å². The van der Waals surface area contributed by atoms with Crippen LogP contribution in [0.1, 0.15) is 47.8 Å². The third-order valence-corrected chi connectivity index (χ3v) is 5.38. The number of hydrogen-bond donors (Lipinski definition) is 1. The lowest BCUT2D eigenvalue weighted by Crippen LogP contribution is -2.45. The molecule has 1 aromatic rings. The van der Waals surface area contributed by atoms with E-state index in [1.807, 2.05) is 11.3 Å². The van der Waals surface area contributed by atoms with E-state index < -0.39 is 0 Å². The van der Waals surface area contributed by atoms with Crippen LogP contribution in [0, 0.1) is 0 Å². The first-order valence-electron chi connectivity index (χ1n) is 7.31. The van der Waals surface area contributed by atoms with Crippen molar-refractivity contribution in [1.82, 2.24) is 15.2 Å². The first kappa shape index (κ1) is 12.6. The zero-order chi connectivity index (χ0) is 12.4. The Morgan fingerprint density at radius 2 is 2.06 bits per heavy atom. The van der Waals surface area contributed by atoms with Gasteiger partial charge in [-0.25, -0.2) is 4.98 Å². The second-order valence-electron chi connectivity index (χ2n) is 5.34. The molecule has 1 N–H and O–H groups in total. The molecule has 1 aromatic heterocycles. The van der Waals surface area contributed by atoms with Crippen molar-refractivity contribution in [2.75, 3.05) is 26.2 Å². The molecule has 3 rings (SSSR count). The maximum atomic E-state index is 4.95. The van der Waals surface area contributed by atoms with Crippen LogP contribution in [0.25, 0.3) is 0 Å². The molecule has 3 nitrogen and oxygen atoms in total. The zero-order valence-electron chi connectivity index (χ0n) is 11.2. The maximum Gasteiger partial charge on any atom is 0.110 e. The standard InChI is InChI=1S/C14H23N3S/c1-2-12(17-9-7-15-8-10-17)14-16-11-5-3-4-6-13(11)18-14/h12,15H,2-10H2,1H3. The van der Waals surface area contributed by atoms with Crippen molar-refractivity contribution in [3.05, 3.63) is 15.6 Å². The van der Waals surface area contributed by atoms with Gasteiger partial charge >= 0.3 is 0 Å². The van der Waals surface area contributed by atoms with Gasteiger partial charge in [0.15, 0.2) is 0 Å². The molecule has 1 aliphatic carbocycles. The van der Waals surface area contributed by atoms with Gasteiger partial charge in [0.25, 0.3) is 0 Å². The van der Waals surface area contributed by atoms with E-state index in [0.29, 0.717) is 6.04 Å². The van der Waals surface area contributed by atoms with Gasteiger partial charge in [0.1, 0.15) is 5.01 Å². The Kier molecular flexibility index (Phi) is 3.97. The maximum absolute atomic E-state index is 4.95.